The molecule has 6 heteroatoms. The van der Waals surface area contributed by atoms with E-state index in [-0.39, 0.29) is 17.5 Å². The van der Waals surface area contributed by atoms with Crippen molar-refractivity contribution in [2.75, 3.05) is 6.54 Å². The van der Waals surface area contributed by atoms with Crippen LogP contribution in [-0.4, -0.2) is 34.5 Å². The number of amides is 3. The van der Waals surface area contributed by atoms with Crippen molar-refractivity contribution in [2.24, 2.45) is 17.8 Å². The minimum Gasteiger partial charge on any atom is -0.361 e. The Labute approximate surface area is 219 Å². The van der Waals surface area contributed by atoms with Crippen molar-refractivity contribution in [3.63, 3.8) is 0 Å². The highest BCUT2D eigenvalue weighted by atomic mass is 16.2. The van der Waals surface area contributed by atoms with Crippen LogP contribution in [0.2, 0.25) is 0 Å². The third-order valence-corrected chi connectivity index (χ3v) is 9.07. The predicted octanol–water partition coefficient (Wildman–Crippen LogP) is 5.10. The first-order chi connectivity index (χ1) is 17.9. The lowest BCUT2D eigenvalue weighted by Gasteiger charge is -2.56. The lowest BCUT2D eigenvalue weighted by molar-refractivity contribution is -0.126. The van der Waals surface area contributed by atoms with Crippen LogP contribution in [0.25, 0.3) is 10.9 Å². The summed E-state index contributed by atoms with van der Waals surface area (Å²) in [4.78, 5) is 30.5. The number of benzene rings is 2. The Balaban J connectivity index is 1.19. The van der Waals surface area contributed by atoms with Crippen LogP contribution >= 0.6 is 0 Å². The number of rotatable bonds is 8. The van der Waals surface area contributed by atoms with Gasteiger partial charge in [0, 0.05) is 35.6 Å². The fraction of sp³-hybridized carbons (Fsp3) is 0.484. The topological polar surface area (TPSA) is 86.0 Å². The summed E-state index contributed by atoms with van der Waals surface area (Å²) in [6.07, 6.45) is 10.3. The van der Waals surface area contributed by atoms with Crippen LogP contribution in [0, 0.1) is 17.8 Å². The van der Waals surface area contributed by atoms with E-state index in [9.17, 15) is 9.59 Å². The summed E-state index contributed by atoms with van der Waals surface area (Å²) in [6.45, 7) is 2.37. The number of para-hydroxylation sites is 1. The number of hydrogen-bond acceptors (Lipinski definition) is 2. The number of carbonyl (C=O) groups excluding carboxylic acids is 2. The number of nitrogens with one attached hydrogen (secondary N) is 4. The molecule has 4 fully saturated rings. The molecule has 37 heavy (non-hydrogen) atoms. The van der Waals surface area contributed by atoms with Crippen LogP contribution in [-0.2, 0) is 17.6 Å². The van der Waals surface area contributed by atoms with E-state index in [1.165, 1.54) is 24.8 Å². The average molecular weight is 499 g/mol. The summed E-state index contributed by atoms with van der Waals surface area (Å²) < 4.78 is 0. The third-order valence-electron chi connectivity index (χ3n) is 9.07. The lowest BCUT2D eigenvalue weighted by atomic mass is 9.53. The van der Waals surface area contributed by atoms with Gasteiger partial charge in [-0.25, -0.2) is 4.79 Å². The van der Waals surface area contributed by atoms with Gasteiger partial charge in [-0.05, 0) is 86.8 Å². The van der Waals surface area contributed by atoms with Crippen molar-refractivity contribution in [1.82, 2.24) is 20.9 Å². The molecule has 1 atom stereocenters. The standard InChI is InChI=1S/C31H38N4O2/c1-30(19-25-20-33-27-10-6-5-9-26(25)27,28(36)32-12-11-21-7-3-2-4-8-21)34-29(37)35-31-16-22-13-23(17-31)15-24(14-22)18-31/h2-10,20,22-24,33H,11-19H2,1H3,(H,32,36)(H2,34,35,37)/t22?,23?,24?,30-,31?/m1/s1. The molecule has 4 aliphatic rings. The van der Waals surface area contributed by atoms with E-state index in [0.29, 0.717) is 13.0 Å². The number of aromatic amines is 1. The summed E-state index contributed by atoms with van der Waals surface area (Å²) >= 11 is 0. The van der Waals surface area contributed by atoms with E-state index >= 15 is 0 Å². The second kappa shape index (κ2) is 9.55. The number of carbonyl (C=O) groups is 2. The Morgan fingerprint density at radius 3 is 2.30 bits per heavy atom. The Kier molecular flexibility index (Phi) is 6.21. The van der Waals surface area contributed by atoms with Gasteiger partial charge < -0.3 is 20.9 Å². The first-order valence-corrected chi connectivity index (χ1v) is 13.9. The van der Waals surface area contributed by atoms with Gasteiger partial charge in [0.05, 0.1) is 0 Å². The van der Waals surface area contributed by atoms with Gasteiger partial charge in [0.15, 0.2) is 0 Å². The van der Waals surface area contributed by atoms with Crippen molar-refractivity contribution in [1.29, 1.82) is 0 Å². The Bertz CT molecular complexity index is 1250. The molecule has 0 spiro atoms. The molecule has 0 aliphatic heterocycles. The molecular weight excluding hydrogens is 460 g/mol. The van der Waals surface area contributed by atoms with Crippen LogP contribution in [0.5, 0.6) is 0 Å². The molecule has 0 unspecified atom stereocenters. The zero-order chi connectivity index (χ0) is 25.5. The molecule has 1 heterocycles. The maximum Gasteiger partial charge on any atom is 0.316 e. The molecule has 4 N–H and O–H groups in total. The highest BCUT2D eigenvalue weighted by Gasteiger charge is 2.52. The number of fused-ring (bicyclic) bond motifs is 1. The second-order valence-electron chi connectivity index (χ2n) is 12.1. The summed E-state index contributed by atoms with van der Waals surface area (Å²) in [7, 11) is 0. The van der Waals surface area contributed by atoms with Gasteiger partial charge in [-0.3, -0.25) is 4.79 Å². The van der Waals surface area contributed by atoms with E-state index in [1.54, 1.807) is 0 Å². The van der Waals surface area contributed by atoms with Crippen LogP contribution in [0.15, 0.2) is 60.8 Å². The molecule has 194 valence electrons. The maximum absolute atomic E-state index is 13.7. The first kappa shape index (κ1) is 24.1. The molecule has 2 aromatic carbocycles. The van der Waals surface area contributed by atoms with Crippen LogP contribution in [0.4, 0.5) is 4.79 Å². The summed E-state index contributed by atoms with van der Waals surface area (Å²) in [5, 5.41) is 10.7. The van der Waals surface area contributed by atoms with E-state index in [0.717, 1.165) is 59.9 Å². The third kappa shape index (κ3) is 4.98. The smallest absolute Gasteiger partial charge is 0.316 e. The highest BCUT2D eigenvalue weighted by Crippen LogP contribution is 2.55. The molecule has 7 rings (SSSR count). The Morgan fingerprint density at radius 1 is 0.946 bits per heavy atom. The minimum atomic E-state index is -1.09. The zero-order valence-corrected chi connectivity index (χ0v) is 21.7. The van der Waals surface area contributed by atoms with Crippen molar-refractivity contribution < 1.29 is 9.59 Å². The number of aromatic nitrogens is 1. The molecule has 3 aromatic rings. The van der Waals surface area contributed by atoms with Gasteiger partial charge in [0.25, 0.3) is 0 Å². The summed E-state index contributed by atoms with van der Waals surface area (Å²) in [6, 6.07) is 18.0. The predicted molar refractivity (Wildman–Crippen MR) is 146 cm³/mol. The molecule has 3 amide bonds. The quantitative estimate of drug-likeness (QED) is 0.348. The normalized spacial score (nSPS) is 27.5. The van der Waals surface area contributed by atoms with Gasteiger partial charge in [0.2, 0.25) is 5.91 Å². The summed E-state index contributed by atoms with van der Waals surface area (Å²) in [5.41, 5.74) is 2.03. The monoisotopic (exact) mass is 498 g/mol. The first-order valence-electron chi connectivity index (χ1n) is 13.9. The molecule has 0 saturated heterocycles. The van der Waals surface area contributed by atoms with Crippen LogP contribution in [0.1, 0.15) is 56.6 Å². The van der Waals surface area contributed by atoms with Crippen molar-refractivity contribution in [3.05, 3.63) is 71.9 Å². The number of hydrogen-bond donors (Lipinski definition) is 4. The highest BCUT2D eigenvalue weighted by molar-refractivity contribution is 5.92. The molecule has 6 nitrogen and oxygen atoms in total. The fourth-order valence-electron chi connectivity index (χ4n) is 7.79. The maximum atomic E-state index is 13.7. The number of H-pyrrole nitrogens is 1. The van der Waals surface area contributed by atoms with Gasteiger partial charge in [-0.2, -0.15) is 0 Å². The van der Waals surface area contributed by atoms with Crippen molar-refractivity contribution >= 4 is 22.8 Å². The molecule has 4 aliphatic carbocycles. The van der Waals surface area contributed by atoms with Gasteiger partial charge >= 0.3 is 6.03 Å². The second-order valence-corrected chi connectivity index (χ2v) is 12.1. The Hall–Kier alpha value is -3.28. The van der Waals surface area contributed by atoms with Gasteiger partial charge in [0.1, 0.15) is 5.54 Å². The lowest BCUT2D eigenvalue weighted by Crippen LogP contribution is -2.66. The minimum absolute atomic E-state index is 0.107. The van der Waals surface area contributed by atoms with E-state index in [4.69, 9.17) is 0 Å². The molecule has 4 bridgehead atoms. The Morgan fingerprint density at radius 2 is 1.59 bits per heavy atom. The largest absolute Gasteiger partial charge is 0.361 e. The average Bonchev–Trinajstić information content (AvgIpc) is 3.25. The molecule has 4 saturated carbocycles. The van der Waals surface area contributed by atoms with Crippen molar-refractivity contribution in [3.8, 4) is 0 Å². The SMILES string of the molecule is C[C@](Cc1c[nH]c2ccccc12)(NC(=O)NC12CC3CC(CC(C3)C1)C2)C(=O)NCCc1ccccc1. The van der Waals surface area contributed by atoms with Gasteiger partial charge in [-0.1, -0.05) is 48.5 Å². The van der Waals surface area contributed by atoms with Crippen LogP contribution < -0.4 is 16.0 Å². The molecule has 0 radical (unpaired) electrons. The van der Waals surface area contributed by atoms with E-state index < -0.39 is 5.54 Å². The number of urea groups is 1. The molecular formula is C31H38N4O2. The molecule has 1 aromatic heterocycles. The van der Waals surface area contributed by atoms with E-state index in [2.05, 4.69) is 39.1 Å². The fourth-order valence-corrected chi connectivity index (χ4v) is 7.79. The summed E-state index contributed by atoms with van der Waals surface area (Å²) in [5.74, 6) is 2.07. The van der Waals surface area contributed by atoms with Gasteiger partial charge in [-0.15, -0.1) is 0 Å². The van der Waals surface area contributed by atoms with Crippen molar-refractivity contribution in [2.45, 2.75) is 69.4 Å². The van der Waals surface area contributed by atoms with E-state index in [1.807, 2.05) is 49.5 Å². The zero-order valence-electron chi connectivity index (χ0n) is 21.7. The van der Waals surface area contributed by atoms with Crippen LogP contribution in [0.3, 0.4) is 0 Å².